The predicted octanol–water partition coefficient (Wildman–Crippen LogP) is 3.90. The van der Waals surface area contributed by atoms with Gasteiger partial charge in [-0.1, -0.05) is 48.2 Å². The van der Waals surface area contributed by atoms with Crippen molar-refractivity contribution in [3.8, 4) is 11.8 Å². The van der Waals surface area contributed by atoms with Crippen molar-refractivity contribution in [2.24, 2.45) is 0 Å². The summed E-state index contributed by atoms with van der Waals surface area (Å²) in [5.41, 5.74) is 1.79. The van der Waals surface area contributed by atoms with E-state index in [4.69, 9.17) is 5.26 Å². The minimum atomic E-state index is -0.0554. The highest BCUT2D eigenvalue weighted by Crippen LogP contribution is 2.25. The highest BCUT2D eigenvalue weighted by Gasteiger charge is 2.21. The molecule has 1 aliphatic rings. The summed E-state index contributed by atoms with van der Waals surface area (Å²) < 4.78 is 2.05. The zero-order valence-corrected chi connectivity index (χ0v) is 18.7. The van der Waals surface area contributed by atoms with Crippen LogP contribution in [0.15, 0.2) is 65.8 Å². The van der Waals surface area contributed by atoms with E-state index < -0.39 is 0 Å². The zero-order chi connectivity index (χ0) is 22.2. The number of amides is 1. The van der Waals surface area contributed by atoms with Gasteiger partial charge in [0.25, 0.3) is 0 Å². The summed E-state index contributed by atoms with van der Waals surface area (Å²) in [5, 5.41) is 18.6. The largest absolute Gasteiger partial charge is 0.311 e. The monoisotopic (exact) mass is 446 g/mol. The molecular formula is C24H26N6OS. The van der Waals surface area contributed by atoms with Crippen molar-refractivity contribution < 1.29 is 4.79 Å². The Kier molecular flexibility index (Phi) is 7.54. The topological polar surface area (TPSA) is 78.0 Å². The Morgan fingerprint density at radius 3 is 2.41 bits per heavy atom. The van der Waals surface area contributed by atoms with Gasteiger partial charge in [-0.2, -0.15) is 5.26 Å². The molecule has 164 valence electrons. The molecule has 0 N–H and O–H groups in total. The first-order chi connectivity index (χ1) is 15.8. The standard InChI is InChI=1S/C24H26N6OS/c25-14-9-17-29(20-10-3-1-4-11-20)23(31)19-32-24-27-26-22(18-28-15-7-8-16-28)30(24)21-12-5-2-6-13-21/h1-6,10-13H,7-9,15-19H2. The molecule has 2 heterocycles. The van der Waals surface area contributed by atoms with E-state index in [1.54, 1.807) is 4.90 Å². The number of aromatic nitrogens is 3. The van der Waals surface area contributed by atoms with Crippen LogP contribution in [0.5, 0.6) is 0 Å². The van der Waals surface area contributed by atoms with Crippen LogP contribution in [0.3, 0.4) is 0 Å². The number of thioether (sulfide) groups is 1. The maximum Gasteiger partial charge on any atom is 0.237 e. The van der Waals surface area contributed by atoms with E-state index in [0.717, 1.165) is 36.8 Å². The van der Waals surface area contributed by atoms with Gasteiger partial charge in [-0.05, 0) is 50.2 Å². The molecular weight excluding hydrogens is 420 g/mol. The van der Waals surface area contributed by atoms with Crippen LogP contribution in [0.2, 0.25) is 0 Å². The molecule has 1 aromatic heterocycles. The third-order valence-corrected chi connectivity index (χ3v) is 6.33. The smallest absolute Gasteiger partial charge is 0.237 e. The maximum atomic E-state index is 13.1. The molecule has 0 spiro atoms. The van der Waals surface area contributed by atoms with Crippen LogP contribution in [0, 0.1) is 11.3 Å². The van der Waals surface area contributed by atoms with Gasteiger partial charge < -0.3 is 4.90 Å². The van der Waals surface area contributed by atoms with Crippen LogP contribution in [-0.4, -0.2) is 51.0 Å². The number of nitrogens with zero attached hydrogens (tertiary/aromatic N) is 6. The van der Waals surface area contributed by atoms with E-state index >= 15 is 0 Å². The summed E-state index contributed by atoms with van der Waals surface area (Å²) in [5.74, 6) is 1.05. The van der Waals surface area contributed by atoms with Gasteiger partial charge in [-0.15, -0.1) is 10.2 Å². The van der Waals surface area contributed by atoms with Crippen LogP contribution in [-0.2, 0) is 11.3 Å². The molecule has 0 unspecified atom stereocenters. The number of carbonyl (C=O) groups excluding carboxylic acids is 1. The zero-order valence-electron chi connectivity index (χ0n) is 17.9. The first kappa shape index (κ1) is 22.1. The summed E-state index contributed by atoms with van der Waals surface area (Å²) in [6, 6.07) is 21.7. The van der Waals surface area contributed by atoms with Gasteiger partial charge >= 0.3 is 0 Å². The highest BCUT2D eigenvalue weighted by atomic mass is 32.2. The Morgan fingerprint density at radius 1 is 1.03 bits per heavy atom. The molecule has 1 aliphatic heterocycles. The quantitative estimate of drug-likeness (QED) is 0.464. The SMILES string of the molecule is N#CCCN(C(=O)CSc1nnc(CN2CCCC2)n1-c1ccccc1)c1ccccc1. The lowest BCUT2D eigenvalue weighted by atomic mass is 10.2. The number of benzene rings is 2. The fourth-order valence-electron chi connectivity index (χ4n) is 3.85. The van der Waals surface area contributed by atoms with E-state index in [2.05, 4.69) is 25.7 Å². The lowest BCUT2D eigenvalue weighted by Crippen LogP contribution is -2.33. The molecule has 4 rings (SSSR count). The summed E-state index contributed by atoms with van der Waals surface area (Å²) in [4.78, 5) is 17.1. The number of likely N-dealkylation sites (tertiary alicyclic amines) is 1. The maximum absolute atomic E-state index is 13.1. The lowest BCUT2D eigenvalue weighted by molar-refractivity contribution is -0.116. The molecule has 32 heavy (non-hydrogen) atoms. The molecule has 8 heteroatoms. The molecule has 1 fully saturated rings. The third kappa shape index (κ3) is 5.36. The fraction of sp³-hybridized carbons (Fsp3) is 0.333. The minimum absolute atomic E-state index is 0.0554. The lowest BCUT2D eigenvalue weighted by Gasteiger charge is -2.21. The Balaban J connectivity index is 1.53. The van der Waals surface area contributed by atoms with Gasteiger partial charge in [-0.3, -0.25) is 14.3 Å². The summed E-state index contributed by atoms with van der Waals surface area (Å²) in [7, 11) is 0. The first-order valence-corrected chi connectivity index (χ1v) is 11.8. The summed E-state index contributed by atoms with van der Waals surface area (Å²) >= 11 is 1.38. The van der Waals surface area contributed by atoms with E-state index in [-0.39, 0.29) is 18.1 Å². The van der Waals surface area contributed by atoms with E-state index in [1.165, 1.54) is 24.6 Å². The minimum Gasteiger partial charge on any atom is -0.311 e. The van der Waals surface area contributed by atoms with Crippen molar-refractivity contribution in [2.75, 3.05) is 30.3 Å². The second kappa shape index (κ2) is 10.9. The Morgan fingerprint density at radius 2 is 1.72 bits per heavy atom. The molecule has 0 atom stereocenters. The molecule has 7 nitrogen and oxygen atoms in total. The second-order valence-electron chi connectivity index (χ2n) is 7.63. The average molecular weight is 447 g/mol. The number of hydrogen-bond acceptors (Lipinski definition) is 6. The van der Waals surface area contributed by atoms with Crippen LogP contribution < -0.4 is 4.90 Å². The van der Waals surface area contributed by atoms with Gasteiger partial charge in [0.05, 0.1) is 24.8 Å². The van der Waals surface area contributed by atoms with E-state index in [9.17, 15) is 4.79 Å². The Bertz CT molecular complexity index is 1060. The third-order valence-electron chi connectivity index (χ3n) is 5.42. The van der Waals surface area contributed by atoms with Crippen molar-refractivity contribution >= 4 is 23.4 Å². The van der Waals surface area contributed by atoms with E-state index in [0.29, 0.717) is 11.7 Å². The predicted molar refractivity (Wildman–Crippen MR) is 126 cm³/mol. The number of carbonyl (C=O) groups is 1. The molecule has 0 aliphatic carbocycles. The molecule has 0 saturated carbocycles. The molecule has 1 saturated heterocycles. The van der Waals surface area contributed by atoms with Crippen molar-refractivity contribution in [2.45, 2.75) is 31.0 Å². The number of para-hydroxylation sites is 2. The number of rotatable bonds is 9. The van der Waals surface area contributed by atoms with Crippen molar-refractivity contribution in [3.05, 3.63) is 66.5 Å². The normalized spacial score (nSPS) is 13.7. The summed E-state index contributed by atoms with van der Waals surface area (Å²) in [6.45, 7) is 3.27. The van der Waals surface area contributed by atoms with Gasteiger partial charge in [-0.25, -0.2) is 0 Å². The molecule has 0 radical (unpaired) electrons. The van der Waals surface area contributed by atoms with E-state index in [1.807, 2.05) is 60.7 Å². The van der Waals surface area contributed by atoms with Gasteiger partial charge in [0.15, 0.2) is 11.0 Å². The average Bonchev–Trinajstić information content (AvgIpc) is 3.49. The number of hydrogen-bond donors (Lipinski definition) is 0. The van der Waals surface area contributed by atoms with Crippen molar-refractivity contribution in [1.29, 1.82) is 5.26 Å². The van der Waals surface area contributed by atoms with Crippen molar-refractivity contribution in [1.82, 2.24) is 19.7 Å². The van der Waals surface area contributed by atoms with Crippen LogP contribution in [0.25, 0.3) is 5.69 Å². The summed E-state index contributed by atoms with van der Waals surface area (Å²) in [6.07, 6.45) is 2.71. The van der Waals surface area contributed by atoms with Crippen LogP contribution >= 0.6 is 11.8 Å². The number of nitriles is 1. The Hall–Kier alpha value is -3.15. The molecule has 1 amide bonds. The number of anilines is 1. The van der Waals surface area contributed by atoms with Gasteiger partial charge in [0.2, 0.25) is 5.91 Å². The highest BCUT2D eigenvalue weighted by molar-refractivity contribution is 7.99. The Labute approximate surface area is 192 Å². The van der Waals surface area contributed by atoms with Crippen LogP contribution in [0.4, 0.5) is 5.69 Å². The van der Waals surface area contributed by atoms with Crippen molar-refractivity contribution in [3.63, 3.8) is 0 Å². The van der Waals surface area contributed by atoms with Gasteiger partial charge in [0.1, 0.15) is 0 Å². The molecule has 2 aromatic carbocycles. The van der Waals surface area contributed by atoms with Crippen LogP contribution in [0.1, 0.15) is 25.1 Å². The molecule has 0 bridgehead atoms. The molecule has 3 aromatic rings. The fourth-order valence-corrected chi connectivity index (χ4v) is 4.69. The first-order valence-electron chi connectivity index (χ1n) is 10.8. The second-order valence-corrected chi connectivity index (χ2v) is 8.57. The van der Waals surface area contributed by atoms with Gasteiger partial charge in [0, 0.05) is 17.9 Å².